The summed E-state index contributed by atoms with van der Waals surface area (Å²) in [5, 5.41) is 5.20. The van der Waals surface area contributed by atoms with E-state index in [2.05, 4.69) is 26.1 Å². The molecule has 1 rings (SSSR count). The fourth-order valence-corrected chi connectivity index (χ4v) is 2.10. The van der Waals surface area contributed by atoms with Crippen molar-refractivity contribution in [2.45, 2.75) is 27.3 Å². The normalized spacial score (nSPS) is 13.0. The fourth-order valence-electron chi connectivity index (χ4n) is 1.26. The molecule has 0 spiro atoms. The van der Waals surface area contributed by atoms with Gasteiger partial charge in [0.25, 0.3) is 0 Å². The van der Waals surface area contributed by atoms with Gasteiger partial charge in [-0.2, -0.15) is 0 Å². The molecule has 1 amide bonds. The average molecular weight is 240 g/mol. The van der Waals surface area contributed by atoms with Gasteiger partial charge in [0.15, 0.2) is 0 Å². The molecule has 1 unspecified atom stereocenters. The zero-order valence-electron chi connectivity index (χ0n) is 10.1. The van der Waals surface area contributed by atoms with Gasteiger partial charge in [0, 0.05) is 16.8 Å². The lowest BCUT2D eigenvalue weighted by molar-refractivity contribution is 0.100. The van der Waals surface area contributed by atoms with Crippen LogP contribution in [0.25, 0.3) is 0 Å². The first kappa shape index (κ1) is 13.2. The first-order chi connectivity index (χ1) is 7.50. The van der Waals surface area contributed by atoms with Crippen molar-refractivity contribution >= 4 is 17.2 Å². The minimum Gasteiger partial charge on any atom is -0.366 e. The number of carbonyl (C=O) groups excluding carboxylic acids is 1. The second-order valence-electron chi connectivity index (χ2n) is 4.52. The predicted molar refractivity (Wildman–Crippen MR) is 68.5 cm³/mol. The zero-order valence-corrected chi connectivity index (χ0v) is 10.9. The third kappa shape index (κ3) is 3.94. The highest BCUT2D eigenvalue weighted by Gasteiger charge is 2.07. The van der Waals surface area contributed by atoms with Gasteiger partial charge in [0.2, 0.25) is 5.91 Å². The Labute approximate surface area is 101 Å². The van der Waals surface area contributed by atoms with E-state index < -0.39 is 0 Å². The van der Waals surface area contributed by atoms with Crippen molar-refractivity contribution in [2.75, 3.05) is 6.54 Å². The topological polar surface area (TPSA) is 55.1 Å². The van der Waals surface area contributed by atoms with E-state index in [1.807, 2.05) is 11.4 Å². The Morgan fingerprint density at radius 2 is 2.19 bits per heavy atom. The monoisotopic (exact) mass is 240 g/mol. The molecule has 90 valence electrons. The van der Waals surface area contributed by atoms with Gasteiger partial charge in [-0.3, -0.25) is 4.79 Å². The number of nitrogens with two attached hydrogens (primary N) is 1. The molecule has 0 saturated heterocycles. The first-order valence-electron chi connectivity index (χ1n) is 5.58. The molecule has 0 aliphatic heterocycles. The molecule has 0 aliphatic rings. The summed E-state index contributed by atoms with van der Waals surface area (Å²) in [6.07, 6.45) is 0. The Hall–Kier alpha value is -0.870. The highest BCUT2D eigenvalue weighted by molar-refractivity contribution is 7.10. The minimum absolute atomic E-state index is 0.349. The summed E-state index contributed by atoms with van der Waals surface area (Å²) >= 11 is 1.57. The number of rotatable bonds is 6. The van der Waals surface area contributed by atoms with E-state index in [0.29, 0.717) is 17.4 Å². The van der Waals surface area contributed by atoms with E-state index in [9.17, 15) is 4.79 Å². The van der Waals surface area contributed by atoms with Crippen LogP contribution in [0, 0.1) is 11.8 Å². The van der Waals surface area contributed by atoms with Crippen LogP contribution in [-0.2, 0) is 6.54 Å². The summed E-state index contributed by atoms with van der Waals surface area (Å²) in [5.74, 6) is 1.01. The van der Waals surface area contributed by atoms with E-state index in [1.165, 1.54) is 0 Å². The van der Waals surface area contributed by atoms with Gasteiger partial charge in [-0.15, -0.1) is 11.3 Å². The van der Waals surface area contributed by atoms with Crippen LogP contribution in [-0.4, -0.2) is 12.5 Å². The molecule has 4 heteroatoms. The average Bonchev–Trinajstić information content (AvgIpc) is 2.66. The van der Waals surface area contributed by atoms with Crippen molar-refractivity contribution < 1.29 is 4.79 Å². The highest BCUT2D eigenvalue weighted by atomic mass is 32.1. The zero-order chi connectivity index (χ0) is 12.1. The molecule has 16 heavy (non-hydrogen) atoms. The Bertz CT molecular complexity index is 347. The second-order valence-corrected chi connectivity index (χ2v) is 5.51. The number of amides is 1. The molecule has 1 aromatic heterocycles. The summed E-state index contributed by atoms with van der Waals surface area (Å²) in [5.41, 5.74) is 5.80. The van der Waals surface area contributed by atoms with Crippen molar-refractivity contribution in [3.05, 3.63) is 21.9 Å². The first-order valence-corrected chi connectivity index (χ1v) is 6.46. The molecule has 3 nitrogen and oxygen atoms in total. The van der Waals surface area contributed by atoms with Crippen LogP contribution < -0.4 is 11.1 Å². The van der Waals surface area contributed by atoms with Crippen molar-refractivity contribution in [3.8, 4) is 0 Å². The maximum Gasteiger partial charge on any atom is 0.249 e. The van der Waals surface area contributed by atoms with Crippen LogP contribution in [0.2, 0.25) is 0 Å². The Morgan fingerprint density at radius 3 is 2.69 bits per heavy atom. The van der Waals surface area contributed by atoms with Crippen molar-refractivity contribution in [2.24, 2.45) is 17.6 Å². The summed E-state index contributed by atoms with van der Waals surface area (Å²) < 4.78 is 0. The van der Waals surface area contributed by atoms with Gasteiger partial charge in [-0.1, -0.05) is 20.8 Å². The maximum absolute atomic E-state index is 10.9. The molecule has 1 heterocycles. The maximum atomic E-state index is 10.9. The van der Waals surface area contributed by atoms with Crippen LogP contribution in [0.3, 0.4) is 0 Å². The number of hydrogen-bond acceptors (Lipinski definition) is 3. The highest BCUT2D eigenvalue weighted by Crippen LogP contribution is 2.14. The molecule has 1 atom stereocenters. The summed E-state index contributed by atoms with van der Waals surface area (Å²) in [4.78, 5) is 12.1. The third-order valence-electron chi connectivity index (χ3n) is 2.84. The molecule has 1 aromatic rings. The summed E-state index contributed by atoms with van der Waals surface area (Å²) in [6.45, 7) is 8.50. The van der Waals surface area contributed by atoms with Gasteiger partial charge in [-0.05, 0) is 24.4 Å². The van der Waals surface area contributed by atoms with Crippen LogP contribution in [0.5, 0.6) is 0 Å². The largest absolute Gasteiger partial charge is 0.366 e. The van der Waals surface area contributed by atoms with Gasteiger partial charge < -0.3 is 11.1 Å². The summed E-state index contributed by atoms with van der Waals surface area (Å²) in [7, 11) is 0. The number of carbonyl (C=O) groups is 1. The van der Waals surface area contributed by atoms with Gasteiger partial charge in [0.1, 0.15) is 0 Å². The van der Waals surface area contributed by atoms with E-state index in [1.54, 1.807) is 11.3 Å². The standard InChI is InChI=1S/C12H20N2OS/c1-8(2)9(3)5-14-6-11-4-10(7-16-11)12(13)15/h4,7-9,14H,5-6H2,1-3H3,(H2,13,15). The van der Waals surface area contributed by atoms with Crippen molar-refractivity contribution in [1.29, 1.82) is 0 Å². The Morgan fingerprint density at radius 1 is 1.50 bits per heavy atom. The smallest absolute Gasteiger partial charge is 0.249 e. The van der Waals surface area contributed by atoms with Crippen LogP contribution in [0.15, 0.2) is 11.4 Å². The Balaban J connectivity index is 2.35. The van der Waals surface area contributed by atoms with Crippen LogP contribution >= 0.6 is 11.3 Å². The van der Waals surface area contributed by atoms with Crippen molar-refractivity contribution in [3.63, 3.8) is 0 Å². The van der Waals surface area contributed by atoms with E-state index in [4.69, 9.17) is 5.73 Å². The molecule has 0 saturated carbocycles. The predicted octanol–water partition coefficient (Wildman–Crippen LogP) is 2.23. The molecule has 3 N–H and O–H groups in total. The lowest BCUT2D eigenvalue weighted by Crippen LogP contribution is -2.23. The van der Waals surface area contributed by atoms with E-state index >= 15 is 0 Å². The minimum atomic E-state index is -0.349. The lowest BCUT2D eigenvalue weighted by atomic mass is 9.98. The van der Waals surface area contributed by atoms with E-state index in [-0.39, 0.29) is 5.91 Å². The van der Waals surface area contributed by atoms with Crippen LogP contribution in [0.4, 0.5) is 0 Å². The van der Waals surface area contributed by atoms with Gasteiger partial charge >= 0.3 is 0 Å². The molecule has 0 bridgehead atoms. The van der Waals surface area contributed by atoms with Crippen molar-refractivity contribution in [1.82, 2.24) is 5.32 Å². The van der Waals surface area contributed by atoms with Gasteiger partial charge in [-0.25, -0.2) is 0 Å². The lowest BCUT2D eigenvalue weighted by Gasteiger charge is -2.15. The number of hydrogen-bond donors (Lipinski definition) is 2. The summed E-state index contributed by atoms with van der Waals surface area (Å²) in [6, 6.07) is 1.86. The molecule has 0 aromatic carbocycles. The number of nitrogens with one attached hydrogen (secondary N) is 1. The fraction of sp³-hybridized carbons (Fsp3) is 0.583. The molecule has 0 fully saturated rings. The SMILES string of the molecule is CC(C)C(C)CNCc1cc(C(N)=O)cs1. The molecular formula is C12H20N2OS. The number of thiophene rings is 1. The molecular weight excluding hydrogens is 220 g/mol. The second kappa shape index (κ2) is 6.01. The third-order valence-corrected chi connectivity index (χ3v) is 3.78. The van der Waals surface area contributed by atoms with E-state index in [0.717, 1.165) is 18.0 Å². The Kier molecular flexibility index (Phi) is 4.96. The quantitative estimate of drug-likeness (QED) is 0.801. The van der Waals surface area contributed by atoms with Gasteiger partial charge in [0.05, 0.1) is 5.56 Å². The molecule has 0 aliphatic carbocycles. The molecule has 0 radical (unpaired) electrons. The van der Waals surface area contributed by atoms with Crippen LogP contribution in [0.1, 0.15) is 36.0 Å². The number of primary amides is 1.